The monoisotopic (exact) mass is 272 g/mol. The lowest BCUT2D eigenvalue weighted by Gasteiger charge is -2.21. The van der Waals surface area contributed by atoms with Crippen LogP contribution in [0.2, 0.25) is 0 Å². The van der Waals surface area contributed by atoms with Gasteiger partial charge in [0.1, 0.15) is 0 Å². The Balaban J connectivity index is 1.88. The summed E-state index contributed by atoms with van der Waals surface area (Å²) in [5.41, 5.74) is 0.324. The summed E-state index contributed by atoms with van der Waals surface area (Å²) in [6.07, 6.45) is -1.87. The highest BCUT2D eigenvalue weighted by molar-refractivity contribution is 5.24. The molecular weight excluding hydrogens is 253 g/mol. The van der Waals surface area contributed by atoms with E-state index in [1.807, 2.05) is 7.05 Å². The predicted molar refractivity (Wildman–Crippen MR) is 68.8 cm³/mol. The van der Waals surface area contributed by atoms with E-state index in [0.29, 0.717) is 12.6 Å². The molecule has 0 amide bonds. The summed E-state index contributed by atoms with van der Waals surface area (Å²) in [4.78, 5) is 2.14. The lowest BCUT2D eigenvalue weighted by Crippen LogP contribution is -2.34. The van der Waals surface area contributed by atoms with E-state index >= 15 is 0 Å². The second-order valence-corrected chi connectivity index (χ2v) is 5.18. The maximum Gasteiger partial charge on any atom is 0.416 e. The van der Waals surface area contributed by atoms with E-state index in [2.05, 4.69) is 10.2 Å². The smallest absolute Gasteiger partial charge is 0.313 e. The number of nitrogens with zero attached hydrogens (tertiary/aromatic N) is 1. The molecule has 19 heavy (non-hydrogen) atoms. The van der Waals surface area contributed by atoms with Crippen LogP contribution in [-0.4, -0.2) is 31.1 Å². The molecule has 0 spiro atoms. The molecule has 0 aliphatic carbocycles. The van der Waals surface area contributed by atoms with Gasteiger partial charge in [0.25, 0.3) is 0 Å². The average molecular weight is 272 g/mol. The molecule has 2 nitrogen and oxygen atoms in total. The van der Waals surface area contributed by atoms with Gasteiger partial charge in [-0.2, -0.15) is 13.2 Å². The van der Waals surface area contributed by atoms with Crippen molar-refractivity contribution in [2.75, 3.05) is 20.1 Å². The second-order valence-electron chi connectivity index (χ2n) is 5.18. The van der Waals surface area contributed by atoms with Gasteiger partial charge in [-0.1, -0.05) is 12.1 Å². The first-order valence-corrected chi connectivity index (χ1v) is 6.53. The van der Waals surface area contributed by atoms with Crippen LogP contribution in [0.25, 0.3) is 0 Å². The molecule has 1 aliphatic heterocycles. The molecule has 5 heteroatoms. The summed E-state index contributed by atoms with van der Waals surface area (Å²) in [5, 5.41) is 3.41. The number of hydrogen-bond donors (Lipinski definition) is 1. The highest BCUT2D eigenvalue weighted by Crippen LogP contribution is 2.29. The van der Waals surface area contributed by atoms with Crippen molar-refractivity contribution in [3.63, 3.8) is 0 Å². The maximum atomic E-state index is 12.4. The summed E-state index contributed by atoms with van der Waals surface area (Å²) in [7, 11) is 2.00. The van der Waals surface area contributed by atoms with Crippen LogP contribution in [0, 0.1) is 0 Å². The number of benzene rings is 1. The van der Waals surface area contributed by atoms with Crippen LogP contribution in [0.4, 0.5) is 13.2 Å². The molecule has 1 fully saturated rings. The van der Waals surface area contributed by atoms with Crippen molar-refractivity contribution in [1.82, 2.24) is 10.2 Å². The zero-order valence-electron chi connectivity index (χ0n) is 11.0. The summed E-state index contributed by atoms with van der Waals surface area (Å²) in [5.74, 6) is 0. The molecule has 1 aliphatic rings. The normalized spacial score (nSPS) is 20.2. The number of hydrogen-bond acceptors (Lipinski definition) is 2. The van der Waals surface area contributed by atoms with E-state index in [9.17, 15) is 13.2 Å². The molecule has 1 heterocycles. The van der Waals surface area contributed by atoms with Crippen LogP contribution in [0.15, 0.2) is 24.3 Å². The molecule has 0 aromatic heterocycles. The van der Waals surface area contributed by atoms with Gasteiger partial charge < -0.3 is 10.2 Å². The quantitative estimate of drug-likeness (QED) is 0.906. The molecule has 1 aromatic rings. The van der Waals surface area contributed by atoms with E-state index in [-0.39, 0.29) is 0 Å². The maximum absolute atomic E-state index is 12.4. The van der Waals surface area contributed by atoms with Crippen LogP contribution in [0.5, 0.6) is 0 Å². The fraction of sp³-hybridized carbons (Fsp3) is 0.571. The number of likely N-dealkylation sites (N-methyl/N-ethyl adjacent to an activating group) is 1. The molecule has 0 radical (unpaired) electrons. The van der Waals surface area contributed by atoms with Crippen molar-refractivity contribution in [2.24, 2.45) is 0 Å². The minimum atomic E-state index is -4.25. The van der Waals surface area contributed by atoms with Gasteiger partial charge in [-0.25, -0.2) is 0 Å². The Morgan fingerprint density at radius 1 is 1.26 bits per heavy atom. The molecule has 2 rings (SSSR count). The van der Waals surface area contributed by atoms with Crippen LogP contribution in [0.1, 0.15) is 24.0 Å². The average Bonchev–Trinajstić information content (AvgIpc) is 2.81. The minimum Gasteiger partial charge on any atom is -0.313 e. The third-order valence-electron chi connectivity index (χ3n) is 3.43. The Morgan fingerprint density at radius 3 is 2.47 bits per heavy atom. The lowest BCUT2D eigenvalue weighted by atomic mass is 10.1. The number of alkyl halides is 3. The highest BCUT2D eigenvalue weighted by atomic mass is 19.4. The summed E-state index contributed by atoms with van der Waals surface area (Å²) >= 11 is 0. The molecule has 1 saturated heterocycles. The first-order valence-electron chi connectivity index (χ1n) is 6.53. The zero-order valence-corrected chi connectivity index (χ0v) is 11.0. The second kappa shape index (κ2) is 5.92. The van der Waals surface area contributed by atoms with Crippen molar-refractivity contribution in [1.29, 1.82) is 0 Å². The molecule has 1 N–H and O–H groups in total. The standard InChI is InChI=1S/C14H19F3N2/c1-19(10-13-3-2-8-18-13)9-11-4-6-12(7-5-11)14(15,16)17/h4-7,13,18H,2-3,8-10H2,1H3. The van der Waals surface area contributed by atoms with Crippen LogP contribution in [-0.2, 0) is 12.7 Å². The summed E-state index contributed by atoms with van der Waals surface area (Å²) in [6.45, 7) is 2.68. The zero-order chi connectivity index (χ0) is 13.9. The Kier molecular flexibility index (Phi) is 4.47. The molecule has 1 aromatic carbocycles. The molecule has 1 unspecified atom stereocenters. The summed E-state index contributed by atoms with van der Waals surface area (Å²) in [6, 6.07) is 5.93. The third kappa shape index (κ3) is 4.21. The number of nitrogens with one attached hydrogen (secondary N) is 1. The van der Waals surface area contributed by atoms with Crippen molar-refractivity contribution in [3.05, 3.63) is 35.4 Å². The van der Waals surface area contributed by atoms with Gasteiger partial charge >= 0.3 is 6.18 Å². The Morgan fingerprint density at radius 2 is 1.95 bits per heavy atom. The minimum absolute atomic E-state index is 0.513. The van der Waals surface area contributed by atoms with Gasteiger partial charge in [0.15, 0.2) is 0 Å². The highest BCUT2D eigenvalue weighted by Gasteiger charge is 2.29. The van der Waals surface area contributed by atoms with Gasteiger partial charge in [0.05, 0.1) is 5.56 Å². The van der Waals surface area contributed by atoms with Gasteiger partial charge in [-0.15, -0.1) is 0 Å². The largest absolute Gasteiger partial charge is 0.416 e. The molecule has 1 atom stereocenters. The Bertz CT molecular complexity index is 394. The number of rotatable bonds is 4. The first-order chi connectivity index (χ1) is 8.95. The van der Waals surface area contributed by atoms with E-state index in [1.165, 1.54) is 12.8 Å². The van der Waals surface area contributed by atoms with E-state index in [1.54, 1.807) is 12.1 Å². The molecule has 0 saturated carbocycles. The van der Waals surface area contributed by atoms with E-state index in [0.717, 1.165) is 30.8 Å². The van der Waals surface area contributed by atoms with Crippen LogP contribution >= 0.6 is 0 Å². The van der Waals surface area contributed by atoms with Gasteiger partial charge in [0.2, 0.25) is 0 Å². The summed E-state index contributed by atoms with van der Waals surface area (Å²) < 4.78 is 37.3. The van der Waals surface area contributed by atoms with E-state index in [4.69, 9.17) is 0 Å². The number of halogens is 3. The van der Waals surface area contributed by atoms with Gasteiger partial charge in [-0.05, 0) is 44.1 Å². The molecule has 0 bridgehead atoms. The van der Waals surface area contributed by atoms with E-state index < -0.39 is 11.7 Å². The van der Waals surface area contributed by atoms with Gasteiger partial charge in [0, 0.05) is 19.1 Å². The predicted octanol–water partition coefficient (Wildman–Crippen LogP) is 2.89. The fourth-order valence-corrected chi connectivity index (χ4v) is 2.46. The topological polar surface area (TPSA) is 15.3 Å². The van der Waals surface area contributed by atoms with Crippen molar-refractivity contribution in [3.8, 4) is 0 Å². The van der Waals surface area contributed by atoms with Crippen LogP contribution in [0.3, 0.4) is 0 Å². The van der Waals surface area contributed by atoms with Crippen molar-refractivity contribution >= 4 is 0 Å². The first kappa shape index (κ1) is 14.3. The third-order valence-corrected chi connectivity index (χ3v) is 3.43. The SMILES string of the molecule is CN(Cc1ccc(C(F)(F)F)cc1)CC1CCCN1. The van der Waals surface area contributed by atoms with Crippen molar-refractivity contribution in [2.45, 2.75) is 31.6 Å². The fourth-order valence-electron chi connectivity index (χ4n) is 2.46. The Labute approximate surface area is 111 Å². The van der Waals surface area contributed by atoms with Crippen molar-refractivity contribution < 1.29 is 13.2 Å². The Hall–Kier alpha value is -1.07. The molecular formula is C14H19F3N2. The molecule has 106 valence electrons. The van der Waals surface area contributed by atoms with Crippen LogP contribution < -0.4 is 5.32 Å². The van der Waals surface area contributed by atoms with Gasteiger partial charge in [-0.3, -0.25) is 0 Å². The lowest BCUT2D eigenvalue weighted by molar-refractivity contribution is -0.137.